The molecule has 0 heterocycles. The summed E-state index contributed by atoms with van der Waals surface area (Å²) in [5.74, 6) is 0. The van der Waals surface area contributed by atoms with Gasteiger partial charge in [0.15, 0.2) is 0 Å². The van der Waals surface area contributed by atoms with Crippen molar-refractivity contribution in [3.05, 3.63) is 0 Å². The molecule has 4 radical (unpaired) electrons. The third kappa shape index (κ3) is 18.8. The van der Waals surface area contributed by atoms with Crippen LogP contribution < -0.4 is 0 Å². The first kappa shape index (κ1) is 40.6. The third-order valence-electron chi connectivity index (χ3n) is 0. The molecule has 5 heavy (non-hydrogen) atoms. The fourth-order valence-electron chi connectivity index (χ4n) is 0. The van der Waals surface area contributed by atoms with Gasteiger partial charge in [0, 0.05) is 60.6 Å². The Labute approximate surface area is 101 Å². The second kappa shape index (κ2) is 26.6. The molecule has 5 heteroatoms. The van der Waals surface area contributed by atoms with Crippen molar-refractivity contribution < 1.29 is 43.3 Å². The summed E-state index contributed by atoms with van der Waals surface area (Å²) in [6.07, 6.45) is 0. The van der Waals surface area contributed by atoms with Gasteiger partial charge in [0.05, 0.1) is 0 Å². The molecule has 0 rings (SSSR count). The zero-order valence-electron chi connectivity index (χ0n) is 1.38. The predicted molar refractivity (Wildman–Crippen MR) is 21.4 cm³/mol. The summed E-state index contributed by atoms with van der Waals surface area (Å²) in [6.45, 7) is 0. The van der Waals surface area contributed by atoms with E-state index in [1.54, 1.807) is 0 Å². The van der Waals surface area contributed by atoms with Crippen molar-refractivity contribution in [2.45, 2.75) is 0 Å². The van der Waals surface area contributed by atoms with E-state index in [1.165, 1.54) is 0 Å². The quantitative estimate of drug-likeness (QED) is 0.413. The van der Waals surface area contributed by atoms with E-state index in [2.05, 4.69) is 0 Å². The summed E-state index contributed by atoms with van der Waals surface area (Å²) in [4.78, 5) is 0. The van der Waals surface area contributed by atoms with Crippen molar-refractivity contribution in [2.24, 2.45) is 0 Å². The van der Waals surface area contributed by atoms with Crippen LogP contribution in [-0.4, -0.2) is 59.3 Å². The molecule has 0 aromatic rings. The monoisotopic (exact) mass is 214 g/mol. The van der Waals surface area contributed by atoms with Gasteiger partial charge >= 0.3 is 41.9 Å². The van der Waals surface area contributed by atoms with Crippen molar-refractivity contribution in [3.63, 3.8) is 0 Å². The molecule has 0 unspecified atom stereocenters. The van der Waals surface area contributed by atoms with Crippen molar-refractivity contribution in [1.82, 2.24) is 0 Å². The summed E-state index contributed by atoms with van der Waals surface area (Å²) < 4.78 is 0. The molecule has 0 amide bonds. The predicted octanol–water partition coefficient (Wildman–Crippen LogP) is -1.95. The summed E-state index contributed by atoms with van der Waals surface area (Å²) in [6, 6.07) is 0. The minimum atomic E-state index is 0. The van der Waals surface area contributed by atoms with E-state index < -0.39 is 0 Å². The van der Waals surface area contributed by atoms with Crippen LogP contribution in [0.3, 0.4) is 0 Å². The number of hydrogen-bond acceptors (Lipinski definition) is 0. The summed E-state index contributed by atoms with van der Waals surface area (Å²) in [7, 11) is 0. The largest absolute Gasteiger partial charge is 0.316 e. The normalized spacial score (nSPS) is 0. The van der Waals surface area contributed by atoms with E-state index in [0.717, 1.165) is 0 Å². The number of rotatable bonds is 0. The van der Waals surface area contributed by atoms with Gasteiger partial charge in [-0.3, -0.25) is 0 Å². The van der Waals surface area contributed by atoms with Crippen LogP contribution in [0.1, 0.15) is 0 Å². The SMILES string of the molecule is [Al].[Cu].[LiH].[MgH2].[Zr]. The Kier molecular flexibility index (Phi) is 216. The van der Waals surface area contributed by atoms with Crippen molar-refractivity contribution in [2.75, 3.05) is 0 Å². The van der Waals surface area contributed by atoms with Crippen LogP contribution >= 0.6 is 0 Å². The third-order valence-corrected chi connectivity index (χ3v) is 0. The molecular weight excluding hydrogens is 213 g/mol. The Morgan fingerprint density at radius 3 is 1.00 bits per heavy atom. The zero-order valence-corrected chi connectivity index (χ0v) is 5.93. The molecular formula is H3AlCuLiMgZr. The van der Waals surface area contributed by atoms with E-state index in [-0.39, 0.29) is 103 Å². The maximum atomic E-state index is 0. The molecule has 0 atom stereocenters. The summed E-state index contributed by atoms with van der Waals surface area (Å²) in [5.41, 5.74) is 0. The fourth-order valence-corrected chi connectivity index (χ4v) is 0. The number of hydrogen-bond donors (Lipinski definition) is 0. The van der Waals surface area contributed by atoms with E-state index in [9.17, 15) is 0 Å². The van der Waals surface area contributed by atoms with Gasteiger partial charge in [0.1, 0.15) is 0 Å². The van der Waals surface area contributed by atoms with Gasteiger partial charge < -0.3 is 0 Å². The molecule has 0 nitrogen and oxygen atoms in total. The Morgan fingerprint density at radius 2 is 1.00 bits per heavy atom. The minimum absolute atomic E-state index is 0. The van der Waals surface area contributed by atoms with E-state index in [4.69, 9.17) is 0 Å². The minimum Gasteiger partial charge on any atom is 0 e. The molecule has 0 aromatic carbocycles. The summed E-state index contributed by atoms with van der Waals surface area (Å²) in [5, 5.41) is 0. The van der Waals surface area contributed by atoms with Crippen LogP contribution in [0.15, 0.2) is 0 Å². The maximum Gasteiger partial charge on any atom is 0.316 e. The molecule has 0 aliphatic heterocycles. The first-order valence-electron chi connectivity index (χ1n) is 0. The van der Waals surface area contributed by atoms with E-state index in [0.29, 0.717) is 0 Å². The van der Waals surface area contributed by atoms with Gasteiger partial charge in [0.2, 0.25) is 0 Å². The molecule has 0 fully saturated rings. The standard InChI is InChI=1S/Al.Cu.Li.Mg.Zr.3H. The van der Waals surface area contributed by atoms with Crippen molar-refractivity contribution in [1.29, 1.82) is 0 Å². The molecule has 0 N–H and O–H groups in total. The zero-order chi connectivity index (χ0) is 0. The molecule has 0 spiro atoms. The van der Waals surface area contributed by atoms with Gasteiger partial charge in [-0.2, -0.15) is 0 Å². The molecule has 0 aliphatic carbocycles. The van der Waals surface area contributed by atoms with Gasteiger partial charge in [0.25, 0.3) is 0 Å². The molecule has 24 valence electrons. The Balaban J connectivity index is 0. The fraction of sp³-hybridized carbons (Fsp3) is 0. The Bertz CT molecular complexity index is 11.6. The Morgan fingerprint density at radius 1 is 1.00 bits per heavy atom. The van der Waals surface area contributed by atoms with Crippen LogP contribution in [-0.2, 0) is 43.3 Å². The van der Waals surface area contributed by atoms with Crippen LogP contribution in [0, 0.1) is 0 Å². The molecule has 0 saturated heterocycles. The van der Waals surface area contributed by atoms with Gasteiger partial charge in [-0.05, 0) is 0 Å². The molecule has 0 aromatic heterocycles. The van der Waals surface area contributed by atoms with Crippen LogP contribution in [0.4, 0.5) is 0 Å². The second-order valence-electron chi connectivity index (χ2n) is 0. The van der Waals surface area contributed by atoms with Gasteiger partial charge in [-0.25, -0.2) is 0 Å². The van der Waals surface area contributed by atoms with E-state index in [1.807, 2.05) is 0 Å². The topological polar surface area (TPSA) is 0 Å². The second-order valence-corrected chi connectivity index (χ2v) is 0. The maximum absolute atomic E-state index is 0. The van der Waals surface area contributed by atoms with Crippen LogP contribution in [0.25, 0.3) is 0 Å². The van der Waals surface area contributed by atoms with Crippen LogP contribution in [0.5, 0.6) is 0 Å². The summed E-state index contributed by atoms with van der Waals surface area (Å²) >= 11 is 0. The molecule has 0 aliphatic rings. The molecule has 0 bridgehead atoms. The van der Waals surface area contributed by atoms with Gasteiger partial charge in [-0.1, -0.05) is 0 Å². The first-order chi connectivity index (χ1) is 0. The van der Waals surface area contributed by atoms with Gasteiger partial charge in [-0.15, -0.1) is 0 Å². The van der Waals surface area contributed by atoms with Crippen molar-refractivity contribution in [3.8, 4) is 0 Å². The average Bonchev–Trinajstić information content (AvgIpc) is 0. The van der Waals surface area contributed by atoms with Crippen molar-refractivity contribution >= 4 is 59.3 Å². The smallest absolute Gasteiger partial charge is 0 e. The average molecular weight is 216 g/mol. The van der Waals surface area contributed by atoms with Crippen LogP contribution in [0.2, 0.25) is 0 Å². The molecule has 0 saturated carbocycles. The van der Waals surface area contributed by atoms with E-state index >= 15 is 0 Å². The Hall–Kier alpha value is 3.30. The first-order valence-corrected chi connectivity index (χ1v) is 0.